The molecule has 0 aliphatic carbocycles. The molecule has 15 heteroatoms. The van der Waals surface area contributed by atoms with Crippen LogP contribution in [0.5, 0.6) is 0 Å². The number of para-hydroxylation sites is 2. The summed E-state index contributed by atoms with van der Waals surface area (Å²) in [7, 11) is 0. The lowest BCUT2D eigenvalue weighted by atomic mass is 9.99. The number of rotatable bonds is 12. The maximum atomic E-state index is 5.17. The van der Waals surface area contributed by atoms with Crippen LogP contribution in [-0.4, -0.2) is 65.3 Å². The molecule has 0 amide bonds. The number of thiophene rings is 2. The fourth-order valence-corrected chi connectivity index (χ4v) is 15.7. The van der Waals surface area contributed by atoms with Crippen molar-refractivity contribution >= 4 is 85.5 Å². The molecule has 0 atom stereocenters. The minimum atomic E-state index is 0.614. The number of pyridine rings is 2. The van der Waals surface area contributed by atoms with Crippen LogP contribution in [-0.2, 0) is 0 Å². The first-order valence-corrected chi connectivity index (χ1v) is 36.2. The third-order valence-corrected chi connectivity index (χ3v) is 21.1. The van der Waals surface area contributed by atoms with E-state index in [1.165, 1.54) is 26.6 Å². The summed E-state index contributed by atoms with van der Waals surface area (Å²) in [6.07, 6.45) is 1.85. The van der Waals surface area contributed by atoms with Gasteiger partial charge in [-0.15, -0.1) is 32.9 Å². The summed E-state index contributed by atoms with van der Waals surface area (Å²) in [5.41, 5.74) is 23.3. The van der Waals surface area contributed by atoms with Crippen LogP contribution in [0.25, 0.3) is 198 Å². The van der Waals surface area contributed by atoms with Gasteiger partial charge in [-0.2, -0.15) is 0 Å². The van der Waals surface area contributed by atoms with Gasteiger partial charge in [-0.1, -0.05) is 291 Å². The van der Waals surface area contributed by atoms with E-state index in [2.05, 4.69) is 228 Å². The zero-order valence-corrected chi connectivity index (χ0v) is 58.0. The second-order valence-corrected chi connectivity index (χ2v) is 27.5. The SMILES string of the molecule is c1ccc(-c2ccc(-c3nc(-c4ccccc4)nc(-c4ccc(-c5ccc(-c6nnnc7c6sc6nc8ccccc8nc67)cc5)cc4)n3)cc2)cc1.c1ccc(-c2ccc(-c3nc(-c4ccccc4)nc(-c4ccc(-c5cccc(-c6nc7cccnc7c7c6sc6ccccc67)c5)cc4)n3)cc2)cc1. The molecule has 496 valence electrons. The highest BCUT2D eigenvalue weighted by molar-refractivity contribution is 7.26. The number of hydrogen-bond donors (Lipinski definition) is 0. The van der Waals surface area contributed by atoms with Crippen LogP contribution in [0.2, 0.25) is 0 Å². The van der Waals surface area contributed by atoms with E-state index in [4.69, 9.17) is 49.8 Å². The van der Waals surface area contributed by atoms with E-state index in [1.807, 2.05) is 121 Å². The smallest absolute Gasteiger partial charge is 0.164 e. The van der Waals surface area contributed by atoms with Gasteiger partial charge in [-0.3, -0.25) is 4.98 Å². The fraction of sp³-hybridized carbons (Fsp3) is 0. The molecule has 0 spiro atoms. The lowest BCUT2D eigenvalue weighted by Crippen LogP contribution is -2.00. The maximum absolute atomic E-state index is 5.17. The van der Waals surface area contributed by atoms with Crippen molar-refractivity contribution in [2.24, 2.45) is 0 Å². The van der Waals surface area contributed by atoms with Gasteiger partial charge < -0.3 is 0 Å². The molecule has 20 aromatic rings. The molecular weight excluding hydrogens is 1340 g/mol. The number of nitrogens with zero attached hydrogens (tertiary/aromatic N) is 13. The molecule has 0 N–H and O–H groups in total. The zero-order valence-electron chi connectivity index (χ0n) is 56.4. The van der Waals surface area contributed by atoms with Crippen molar-refractivity contribution in [3.8, 4) is 135 Å². The van der Waals surface area contributed by atoms with Gasteiger partial charge in [0.2, 0.25) is 0 Å². The van der Waals surface area contributed by atoms with E-state index in [1.54, 1.807) is 22.7 Å². The van der Waals surface area contributed by atoms with Crippen molar-refractivity contribution in [3.63, 3.8) is 0 Å². The Balaban J connectivity index is 0.000000145. The Kier molecular flexibility index (Phi) is 16.3. The second kappa shape index (κ2) is 27.4. The molecule has 0 unspecified atom stereocenters. The molecule has 20 rings (SSSR count). The summed E-state index contributed by atoms with van der Waals surface area (Å²) in [5.74, 6) is 3.77. The van der Waals surface area contributed by atoms with Crippen LogP contribution in [0.4, 0.5) is 0 Å². The standard InChI is InChI=1S/C47H29N5S.C44H26N8S/c1-3-11-30(12-4-1)31-20-24-34(25-21-31)46-50-45(33-13-5-2-6-14-33)51-47(52-46)35-26-22-32(23-27-35)36-15-9-16-37(29-36)42-44-41(38-17-7-8-19-40(38)53-44)43-39(49-42)18-10-28-48-43;1-3-9-27(10-4-1)28-17-23-33(24-18-28)42-47-41(32-11-5-2-6-12-32)48-43(49-42)34-25-19-30(20-26-34)29-15-21-31(22-16-29)37-40-38(51-52-50-37)39-44(53-40)46-36-14-8-7-13-35(36)45-39/h1-29H;1-26H. The molecule has 0 bridgehead atoms. The normalized spacial score (nSPS) is 11.4. The van der Waals surface area contributed by atoms with Crippen molar-refractivity contribution in [2.75, 3.05) is 0 Å². The predicted octanol–water partition coefficient (Wildman–Crippen LogP) is 22.6. The van der Waals surface area contributed by atoms with Crippen molar-refractivity contribution in [3.05, 3.63) is 334 Å². The highest BCUT2D eigenvalue weighted by Gasteiger charge is 2.21. The van der Waals surface area contributed by atoms with Crippen LogP contribution in [0.1, 0.15) is 0 Å². The van der Waals surface area contributed by atoms with E-state index in [-0.39, 0.29) is 0 Å². The van der Waals surface area contributed by atoms with Gasteiger partial charge in [0.15, 0.2) is 34.9 Å². The first-order valence-electron chi connectivity index (χ1n) is 34.6. The molecule has 0 saturated carbocycles. The highest BCUT2D eigenvalue weighted by atomic mass is 32.1. The molecule has 106 heavy (non-hydrogen) atoms. The molecule has 0 fully saturated rings. The van der Waals surface area contributed by atoms with Crippen molar-refractivity contribution < 1.29 is 0 Å². The molecule has 12 aromatic carbocycles. The molecule has 0 radical (unpaired) electrons. The van der Waals surface area contributed by atoms with E-state index < -0.39 is 0 Å². The molecule has 0 aliphatic rings. The van der Waals surface area contributed by atoms with E-state index >= 15 is 0 Å². The van der Waals surface area contributed by atoms with E-state index in [0.29, 0.717) is 40.5 Å². The average molecular weight is 1390 g/mol. The van der Waals surface area contributed by atoms with Gasteiger partial charge in [0.05, 0.1) is 37.2 Å². The Bertz CT molecular complexity index is 6650. The Morgan fingerprint density at radius 3 is 1.09 bits per heavy atom. The molecular formula is C91H55N13S2. The molecule has 8 aromatic heterocycles. The van der Waals surface area contributed by atoms with Crippen molar-refractivity contribution in [1.29, 1.82) is 0 Å². The average Bonchev–Trinajstić information content (AvgIpc) is 1.58. The Morgan fingerprint density at radius 2 is 0.594 bits per heavy atom. The summed E-state index contributed by atoms with van der Waals surface area (Å²) < 4.78 is 3.30. The fourth-order valence-electron chi connectivity index (χ4n) is 13.4. The van der Waals surface area contributed by atoms with Gasteiger partial charge in [0, 0.05) is 66.2 Å². The first-order chi connectivity index (χ1) is 52.5. The monoisotopic (exact) mass is 1390 g/mol. The van der Waals surface area contributed by atoms with Gasteiger partial charge in [0.25, 0.3) is 0 Å². The quantitative estimate of drug-likeness (QED) is 0.113. The van der Waals surface area contributed by atoms with Gasteiger partial charge in [-0.05, 0) is 86.1 Å². The summed E-state index contributed by atoms with van der Waals surface area (Å²) in [6, 6.07) is 112. The van der Waals surface area contributed by atoms with E-state index in [9.17, 15) is 0 Å². The molecule has 8 heterocycles. The third-order valence-electron chi connectivity index (χ3n) is 18.8. The Labute approximate surface area is 615 Å². The summed E-state index contributed by atoms with van der Waals surface area (Å²) >= 11 is 3.32. The Morgan fingerprint density at radius 1 is 0.217 bits per heavy atom. The van der Waals surface area contributed by atoms with Crippen LogP contribution in [0.15, 0.2) is 334 Å². The summed E-state index contributed by atoms with van der Waals surface area (Å²) in [5, 5.41) is 15.3. The topological polar surface area (TPSA) is 168 Å². The number of fused-ring (bicyclic) bond motifs is 9. The van der Waals surface area contributed by atoms with Gasteiger partial charge >= 0.3 is 0 Å². The van der Waals surface area contributed by atoms with Gasteiger partial charge in [-0.25, -0.2) is 44.9 Å². The molecule has 13 nitrogen and oxygen atoms in total. The van der Waals surface area contributed by atoms with Crippen LogP contribution >= 0.6 is 22.7 Å². The third kappa shape index (κ3) is 12.3. The largest absolute Gasteiger partial charge is 0.254 e. The van der Waals surface area contributed by atoms with Crippen LogP contribution < -0.4 is 0 Å². The van der Waals surface area contributed by atoms with Crippen molar-refractivity contribution in [1.82, 2.24) is 65.3 Å². The molecule has 0 saturated heterocycles. The van der Waals surface area contributed by atoms with E-state index in [0.717, 1.165) is 131 Å². The maximum Gasteiger partial charge on any atom is 0.164 e. The zero-order chi connectivity index (χ0) is 70.3. The summed E-state index contributed by atoms with van der Waals surface area (Å²) in [4.78, 5) is 50.1. The van der Waals surface area contributed by atoms with Crippen molar-refractivity contribution in [2.45, 2.75) is 0 Å². The number of benzene rings is 12. The Hall–Kier alpha value is -14.0. The molecule has 0 aliphatic heterocycles. The minimum Gasteiger partial charge on any atom is -0.254 e. The lowest BCUT2D eigenvalue weighted by Gasteiger charge is -2.10. The lowest BCUT2D eigenvalue weighted by molar-refractivity contribution is 0.904. The number of hydrogen-bond acceptors (Lipinski definition) is 15. The van der Waals surface area contributed by atoms with Gasteiger partial charge in [0.1, 0.15) is 21.6 Å². The van der Waals surface area contributed by atoms with Crippen LogP contribution in [0, 0.1) is 0 Å². The first kappa shape index (κ1) is 63.0. The summed E-state index contributed by atoms with van der Waals surface area (Å²) in [6.45, 7) is 0. The second-order valence-electron chi connectivity index (χ2n) is 25.5. The minimum absolute atomic E-state index is 0.614. The highest BCUT2D eigenvalue weighted by Crippen LogP contribution is 2.44. The predicted molar refractivity (Wildman–Crippen MR) is 430 cm³/mol. The number of aromatic nitrogens is 13. The van der Waals surface area contributed by atoms with Crippen LogP contribution in [0.3, 0.4) is 0 Å².